The molecule has 1 N–H and O–H groups in total. The van der Waals surface area contributed by atoms with Gasteiger partial charge in [-0.05, 0) is 37.5 Å². The Balaban J connectivity index is 1.48. The van der Waals surface area contributed by atoms with Crippen molar-refractivity contribution in [2.45, 2.75) is 25.4 Å². The number of fused-ring (bicyclic) bond motifs is 1. The molecule has 0 radical (unpaired) electrons. The summed E-state index contributed by atoms with van der Waals surface area (Å²) in [6.45, 7) is 1.79. The summed E-state index contributed by atoms with van der Waals surface area (Å²) in [6.07, 6.45) is 2.15. The molecule has 3 heterocycles. The van der Waals surface area contributed by atoms with Crippen molar-refractivity contribution in [3.05, 3.63) is 23.8 Å². The highest BCUT2D eigenvalue weighted by atomic mass is 16.5. The highest BCUT2D eigenvalue weighted by molar-refractivity contribution is 5.97. The Morgan fingerprint density at radius 1 is 1.27 bits per heavy atom. The zero-order valence-electron chi connectivity index (χ0n) is 15.1. The minimum atomic E-state index is -0.402. The van der Waals surface area contributed by atoms with Crippen LogP contribution in [-0.2, 0) is 9.53 Å². The van der Waals surface area contributed by atoms with Gasteiger partial charge in [0.15, 0.2) is 0 Å². The van der Waals surface area contributed by atoms with Gasteiger partial charge in [-0.1, -0.05) is 0 Å². The van der Waals surface area contributed by atoms with Crippen LogP contribution in [0.3, 0.4) is 0 Å². The van der Waals surface area contributed by atoms with E-state index in [9.17, 15) is 9.59 Å². The third kappa shape index (κ3) is 2.74. The van der Waals surface area contributed by atoms with Gasteiger partial charge in [0.25, 0.3) is 5.91 Å². The number of carbonyl (C=O) groups is 2. The second kappa shape index (κ2) is 6.35. The number of H-pyrrole nitrogens is 1. The van der Waals surface area contributed by atoms with Crippen molar-refractivity contribution < 1.29 is 14.3 Å². The van der Waals surface area contributed by atoms with Gasteiger partial charge in [-0.15, -0.1) is 0 Å². The van der Waals surface area contributed by atoms with Crippen LogP contribution in [0.2, 0.25) is 0 Å². The summed E-state index contributed by atoms with van der Waals surface area (Å²) in [5, 5.41) is 10.6. The molecule has 2 aliphatic heterocycles. The summed E-state index contributed by atoms with van der Waals surface area (Å²) < 4.78 is 5.52. The van der Waals surface area contributed by atoms with Gasteiger partial charge in [0.05, 0.1) is 11.5 Å². The van der Waals surface area contributed by atoms with E-state index in [1.165, 1.54) is 0 Å². The van der Waals surface area contributed by atoms with Crippen molar-refractivity contribution in [2.24, 2.45) is 5.41 Å². The molecule has 0 aliphatic carbocycles. The highest BCUT2D eigenvalue weighted by Gasteiger charge is 2.48. The number of hydrogen-bond acceptors (Lipinski definition) is 5. The van der Waals surface area contributed by atoms with Crippen molar-refractivity contribution in [1.29, 1.82) is 0 Å². The number of aromatic amines is 1. The van der Waals surface area contributed by atoms with E-state index in [2.05, 4.69) is 15.4 Å². The quantitative estimate of drug-likeness (QED) is 0.868. The molecule has 1 spiro atoms. The predicted octanol–water partition coefficient (Wildman–Crippen LogP) is 1.06. The number of nitrogens with one attached hydrogen (secondary N) is 1. The SMILES string of the molecule is COC1CN(C)C(=O)C2(CCN(C(=O)c3ccc4n[nH]nc4c3)CC2)C1. The van der Waals surface area contributed by atoms with Gasteiger partial charge in [0.2, 0.25) is 5.91 Å². The van der Waals surface area contributed by atoms with E-state index < -0.39 is 5.41 Å². The fourth-order valence-electron chi connectivity index (χ4n) is 4.25. The minimum Gasteiger partial charge on any atom is -0.380 e. The average molecular weight is 357 g/mol. The first kappa shape index (κ1) is 17.0. The number of ether oxygens (including phenoxy) is 1. The predicted molar refractivity (Wildman–Crippen MR) is 94.5 cm³/mol. The van der Waals surface area contributed by atoms with Crippen molar-refractivity contribution in [1.82, 2.24) is 25.2 Å². The van der Waals surface area contributed by atoms with Crippen LogP contribution in [0.4, 0.5) is 0 Å². The molecule has 26 heavy (non-hydrogen) atoms. The molecule has 2 amide bonds. The van der Waals surface area contributed by atoms with Crippen LogP contribution in [0.15, 0.2) is 18.2 Å². The van der Waals surface area contributed by atoms with Crippen molar-refractivity contribution in [3.8, 4) is 0 Å². The number of amides is 2. The molecule has 1 atom stereocenters. The number of rotatable bonds is 2. The standard InChI is InChI=1S/C18H23N5O3/c1-22-11-13(26-2)10-18(17(22)25)5-7-23(8-6-18)16(24)12-3-4-14-15(9-12)20-21-19-14/h3-4,9,13H,5-8,10-11H2,1-2H3,(H,19,20,21). The van der Waals surface area contributed by atoms with Crippen LogP contribution in [0.1, 0.15) is 29.6 Å². The number of nitrogens with zero attached hydrogens (tertiary/aromatic N) is 4. The molecular weight excluding hydrogens is 334 g/mol. The number of aromatic nitrogens is 3. The molecule has 8 nitrogen and oxygen atoms in total. The second-order valence-corrected chi connectivity index (χ2v) is 7.35. The topological polar surface area (TPSA) is 91.4 Å². The molecule has 138 valence electrons. The number of likely N-dealkylation sites (tertiary alicyclic amines) is 2. The lowest BCUT2D eigenvalue weighted by molar-refractivity contribution is -0.155. The first-order valence-electron chi connectivity index (χ1n) is 8.90. The lowest BCUT2D eigenvalue weighted by atomic mass is 9.71. The molecule has 4 rings (SSSR count). The van der Waals surface area contributed by atoms with Crippen LogP contribution in [0, 0.1) is 5.41 Å². The number of benzene rings is 1. The number of hydrogen-bond donors (Lipinski definition) is 1. The molecule has 2 fully saturated rings. The van der Waals surface area contributed by atoms with Crippen molar-refractivity contribution in [3.63, 3.8) is 0 Å². The van der Waals surface area contributed by atoms with Gasteiger partial charge >= 0.3 is 0 Å². The van der Waals surface area contributed by atoms with E-state index in [0.29, 0.717) is 43.6 Å². The van der Waals surface area contributed by atoms with E-state index in [1.54, 1.807) is 30.2 Å². The average Bonchev–Trinajstić information content (AvgIpc) is 3.13. The van der Waals surface area contributed by atoms with Crippen LogP contribution in [-0.4, -0.2) is 76.9 Å². The summed E-state index contributed by atoms with van der Waals surface area (Å²) in [5.41, 5.74) is 1.61. The molecule has 2 aromatic rings. The Morgan fingerprint density at radius 3 is 2.73 bits per heavy atom. The Morgan fingerprint density at radius 2 is 2.00 bits per heavy atom. The van der Waals surface area contributed by atoms with E-state index in [-0.39, 0.29) is 17.9 Å². The van der Waals surface area contributed by atoms with Crippen LogP contribution < -0.4 is 0 Å². The summed E-state index contributed by atoms with van der Waals surface area (Å²) in [5.74, 6) is 0.159. The highest BCUT2D eigenvalue weighted by Crippen LogP contribution is 2.41. The van der Waals surface area contributed by atoms with Gasteiger partial charge < -0.3 is 14.5 Å². The summed E-state index contributed by atoms with van der Waals surface area (Å²) in [6, 6.07) is 5.32. The summed E-state index contributed by atoms with van der Waals surface area (Å²) in [4.78, 5) is 29.2. The molecule has 1 unspecified atom stereocenters. The molecule has 2 aliphatic rings. The second-order valence-electron chi connectivity index (χ2n) is 7.35. The van der Waals surface area contributed by atoms with Gasteiger partial charge in [0.1, 0.15) is 11.0 Å². The molecule has 0 saturated carbocycles. The van der Waals surface area contributed by atoms with Crippen LogP contribution in [0.25, 0.3) is 11.0 Å². The zero-order valence-corrected chi connectivity index (χ0v) is 15.1. The van der Waals surface area contributed by atoms with Crippen molar-refractivity contribution in [2.75, 3.05) is 33.8 Å². The zero-order chi connectivity index (χ0) is 18.3. The fraction of sp³-hybridized carbons (Fsp3) is 0.556. The maximum Gasteiger partial charge on any atom is 0.253 e. The Labute approximate surface area is 151 Å². The fourth-order valence-corrected chi connectivity index (χ4v) is 4.25. The third-order valence-corrected chi connectivity index (χ3v) is 5.80. The van der Waals surface area contributed by atoms with Gasteiger partial charge in [0, 0.05) is 39.4 Å². The van der Waals surface area contributed by atoms with Gasteiger partial charge in [-0.3, -0.25) is 9.59 Å². The van der Waals surface area contributed by atoms with E-state index in [1.807, 2.05) is 11.9 Å². The number of carbonyl (C=O) groups excluding carboxylic acids is 2. The molecule has 1 aromatic heterocycles. The van der Waals surface area contributed by atoms with E-state index >= 15 is 0 Å². The number of methoxy groups -OCH3 is 1. The summed E-state index contributed by atoms with van der Waals surface area (Å²) in [7, 11) is 3.53. The maximum atomic E-state index is 12.9. The molecule has 0 bridgehead atoms. The normalized spacial score (nSPS) is 23.0. The van der Waals surface area contributed by atoms with Crippen molar-refractivity contribution >= 4 is 22.8 Å². The van der Waals surface area contributed by atoms with Gasteiger partial charge in [-0.2, -0.15) is 15.4 Å². The van der Waals surface area contributed by atoms with E-state index in [4.69, 9.17) is 4.74 Å². The molecule has 8 heteroatoms. The van der Waals surface area contributed by atoms with E-state index in [0.717, 1.165) is 11.9 Å². The monoisotopic (exact) mass is 357 g/mol. The Kier molecular flexibility index (Phi) is 4.14. The third-order valence-electron chi connectivity index (χ3n) is 5.80. The molecular formula is C18H23N5O3. The van der Waals surface area contributed by atoms with Gasteiger partial charge in [-0.25, -0.2) is 0 Å². The first-order valence-corrected chi connectivity index (χ1v) is 8.90. The number of piperidine rings is 2. The lowest BCUT2D eigenvalue weighted by Crippen LogP contribution is -2.57. The lowest BCUT2D eigenvalue weighted by Gasteiger charge is -2.47. The Hall–Kier alpha value is -2.48. The number of likely N-dealkylation sites (N-methyl/N-ethyl adjacent to an activating group) is 1. The van der Waals surface area contributed by atoms with Crippen LogP contribution in [0.5, 0.6) is 0 Å². The summed E-state index contributed by atoms with van der Waals surface area (Å²) >= 11 is 0. The maximum absolute atomic E-state index is 12.9. The minimum absolute atomic E-state index is 0.0235. The molecule has 1 aromatic carbocycles. The molecule has 2 saturated heterocycles. The first-order chi connectivity index (χ1) is 12.5. The van der Waals surface area contributed by atoms with Crippen LogP contribution >= 0.6 is 0 Å². The smallest absolute Gasteiger partial charge is 0.253 e. The largest absolute Gasteiger partial charge is 0.380 e. The Bertz CT molecular complexity index is 840.